The number of carbonyl (C=O) groups excluding carboxylic acids is 1. The molecule has 1 unspecified atom stereocenters. The zero-order valence-corrected chi connectivity index (χ0v) is 18.1. The molecular weight excluding hydrogens is 394 g/mol. The van der Waals surface area contributed by atoms with Crippen LogP contribution in [0, 0.1) is 0 Å². The number of likely N-dealkylation sites (tertiary alicyclic amines) is 1. The van der Waals surface area contributed by atoms with E-state index in [1.54, 1.807) is 0 Å². The highest BCUT2D eigenvalue weighted by Crippen LogP contribution is 2.30. The minimum Gasteiger partial charge on any atom is -0.494 e. The van der Waals surface area contributed by atoms with E-state index in [1.165, 1.54) is 0 Å². The van der Waals surface area contributed by atoms with Gasteiger partial charge in [-0.15, -0.1) is 0 Å². The Morgan fingerprint density at radius 1 is 1.16 bits per heavy atom. The van der Waals surface area contributed by atoms with Crippen LogP contribution in [0.15, 0.2) is 53.1 Å². The van der Waals surface area contributed by atoms with Crippen LogP contribution < -0.4 is 9.47 Å². The summed E-state index contributed by atoms with van der Waals surface area (Å²) >= 11 is 0. The van der Waals surface area contributed by atoms with Crippen molar-refractivity contribution in [2.45, 2.75) is 45.8 Å². The van der Waals surface area contributed by atoms with Crippen LogP contribution in [0.3, 0.4) is 0 Å². The average molecular weight is 421 g/mol. The number of hydrogen-bond donors (Lipinski definition) is 0. The molecule has 0 radical (unpaired) electrons. The highest BCUT2D eigenvalue weighted by atomic mass is 16.5. The summed E-state index contributed by atoms with van der Waals surface area (Å²) in [6.45, 7) is 7.63. The highest BCUT2D eigenvalue weighted by Gasteiger charge is 2.34. The van der Waals surface area contributed by atoms with Crippen molar-refractivity contribution >= 4 is 5.91 Å². The van der Waals surface area contributed by atoms with Crippen molar-refractivity contribution in [2.75, 3.05) is 13.2 Å². The standard InChI is InChI=1S/C24H27N3O4/c1-4-29-21-7-5-6-17(12-21)14-27-15-19(13-22(27)28)24-25-23(26-31-24)18-8-10-20(11-9-18)30-16(2)3/h5-12,16,19H,4,13-15H2,1-3H3. The summed E-state index contributed by atoms with van der Waals surface area (Å²) in [5, 5.41) is 4.11. The van der Waals surface area contributed by atoms with E-state index in [0.717, 1.165) is 22.6 Å². The van der Waals surface area contributed by atoms with Crippen LogP contribution in [-0.4, -0.2) is 40.2 Å². The summed E-state index contributed by atoms with van der Waals surface area (Å²) in [6, 6.07) is 15.4. The molecule has 4 rings (SSSR count). The highest BCUT2D eigenvalue weighted by molar-refractivity contribution is 5.79. The van der Waals surface area contributed by atoms with Crippen molar-refractivity contribution in [3.8, 4) is 22.9 Å². The first-order chi connectivity index (χ1) is 15.0. The Labute approximate surface area is 182 Å². The van der Waals surface area contributed by atoms with Crippen LogP contribution in [0.4, 0.5) is 0 Å². The molecule has 1 saturated heterocycles. The minimum atomic E-state index is -0.104. The van der Waals surface area contributed by atoms with Crippen LogP contribution in [0.25, 0.3) is 11.4 Å². The topological polar surface area (TPSA) is 77.7 Å². The molecule has 1 aromatic heterocycles. The first kappa shape index (κ1) is 20.9. The van der Waals surface area contributed by atoms with Gasteiger partial charge in [-0.05, 0) is 62.7 Å². The van der Waals surface area contributed by atoms with Gasteiger partial charge in [-0.25, -0.2) is 0 Å². The molecule has 1 atom stereocenters. The summed E-state index contributed by atoms with van der Waals surface area (Å²) in [5.41, 5.74) is 1.88. The van der Waals surface area contributed by atoms with E-state index in [2.05, 4.69) is 10.1 Å². The van der Waals surface area contributed by atoms with Crippen LogP contribution in [0.5, 0.6) is 11.5 Å². The van der Waals surface area contributed by atoms with Gasteiger partial charge in [-0.1, -0.05) is 17.3 Å². The van der Waals surface area contributed by atoms with Crippen LogP contribution in [-0.2, 0) is 11.3 Å². The average Bonchev–Trinajstić information content (AvgIpc) is 3.36. The molecule has 3 aromatic rings. The molecule has 1 amide bonds. The maximum absolute atomic E-state index is 12.6. The molecule has 1 fully saturated rings. The number of amides is 1. The van der Waals surface area contributed by atoms with Crippen LogP contribution >= 0.6 is 0 Å². The third-order valence-corrected chi connectivity index (χ3v) is 5.07. The van der Waals surface area contributed by atoms with Gasteiger partial charge in [0.25, 0.3) is 0 Å². The molecule has 1 aliphatic rings. The Hall–Kier alpha value is -3.35. The maximum Gasteiger partial charge on any atom is 0.232 e. The van der Waals surface area contributed by atoms with Crippen molar-refractivity contribution in [1.29, 1.82) is 0 Å². The molecular formula is C24H27N3O4. The third-order valence-electron chi connectivity index (χ3n) is 5.07. The lowest BCUT2D eigenvalue weighted by molar-refractivity contribution is -0.128. The minimum absolute atomic E-state index is 0.0850. The molecule has 0 N–H and O–H groups in total. The lowest BCUT2D eigenvalue weighted by Gasteiger charge is -2.16. The molecule has 7 heteroatoms. The number of carbonyl (C=O) groups is 1. The third kappa shape index (κ3) is 5.05. The molecule has 0 aliphatic carbocycles. The van der Waals surface area contributed by atoms with Gasteiger partial charge in [0.2, 0.25) is 17.6 Å². The van der Waals surface area contributed by atoms with Gasteiger partial charge in [-0.2, -0.15) is 4.98 Å². The first-order valence-corrected chi connectivity index (χ1v) is 10.6. The van der Waals surface area contributed by atoms with Crippen molar-refractivity contribution in [3.05, 3.63) is 60.0 Å². The summed E-state index contributed by atoms with van der Waals surface area (Å²) in [5.74, 6) is 2.61. The molecule has 0 spiro atoms. The van der Waals surface area contributed by atoms with Gasteiger partial charge in [0.05, 0.1) is 18.6 Å². The number of hydrogen-bond acceptors (Lipinski definition) is 6. The number of rotatable bonds is 8. The second-order valence-electron chi connectivity index (χ2n) is 7.90. The van der Waals surface area contributed by atoms with Crippen LogP contribution in [0.2, 0.25) is 0 Å². The monoisotopic (exact) mass is 421 g/mol. The zero-order valence-electron chi connectivity index (χ0n) is 18.1. The second kappa shape index (κ2) is 9.20. The van der Waals surface area contributed by atoms with Crippen molar-refractivity contribution < 1.29 is 18.8 Å². The Morgan fingerprint density at radius 3 is 2.71 bits per heavy atom. The molecule has 0 bridgehead atoms. The van der Waals surface area contributed by atoms with E-state index in [4.69, 9.17) is 14.0 Å². The normalized spacial score (nSPS) is 16.2. The maximum atomic E-state index is 12.6. The van der Waals surface area contributed by atoms with Gasteiger partial charge in [0.1, 0.15) is 11.5 Å². The predicted octanol–water partition coefficient (Wildman–Crippen LogP) is 4.44. The molecule has 0 saturated carbocycles. The Kier molecular flexibility index (Phi) is 6.21. The molecule has 2 heterocycles. The lowest BCUT2D eigenvalue weighted by atomic mass is 10.1. The van der Waals surface area contributed by atoms with Gasteiger partial charge in [-0.3, -0.25) is 4.79 Å². The van der Waals surface area contributed by atoms with Crippen molar-refractivity contribution in [3.63, 3.8) is 0 Å². The number of nitrogens with zero attached hydrogens (tertiary/aromatic N) is 3. The summed E-state index contributed by atoms with van der Waals surface area (Å²) < 4.78 is 16.7. The van der Waals surface area contributed by atoms with Crippen molar-refractivity contribution in [2.24, 2.45) is 0 Å². The van der Waals surface area contributed by atoms with Gasteiger partial charge in [0, 0.05) is 25.1 Å². The predicted molar refractivity (Wildman–Crippen MR) is 116 cm³/mol. The van der Waals surface area contributed by atoms with E-state index in [1.807, 2.05) is 74.2 Å². The zero-order chi connectivity index (χ0) is 21.8. The van der Waals surface area contributed by atoms with E-state index < -0.39 is 0 Å². The smallest absolute Gasteiger partial charge is 0.232 e. The Morgan fingerprint density at radius 2 is 1.97 bits per heavy atom. The van der Waals surface area contributed by atoms with Crippen molar-refractivity contribution in [1.82, 2.24) is 15.0 Å². The molecule has 2 aromatic carbocycles. The van der Waals surface area contributed by atoms with Gasteiger partial charge >= 0.3 is 0 Å². The first-order valence-electron chi connectivity index (χ1n) is 10.6. The second-order valence-corrected chi connectivity index (χ2v) is 7.90. The fourth-order valence-corrected chi connectivity index (χ4v) is 3.68. The number of benzene rings is 2. The van der Waals surface area contributed by atoms with Crippen LogP contribution in [0.1, 0.15) is 44.6 Å². The summed E-state index contributed by atoms with van der Waals surface area (Å²) in [4.78, 5) is 18.9. The summed E-state index contributed by atoms with van der Waals surface area (Å²) in [6.07, 6.45) is 0.487. The molecule has 31 heavy (non-hydrogen) atoms. The molecule has 162 valence electrons. The van der Waals surface area contributed by atoms with E-state index in [0.29, 0.717) is 37.8 Å². The largest absolute Gasteiger partial charge is 0.494 e. The number of ether oxygens (including phenoxy) is 2. The number of aromatic nitrogens is 2. The quantitative estimate of drug-likeness (QED) is 0.535. The molecule has 7 nitrogen and oxygen atoms in total. The SMILES string of the molecule is CCOc1cccc(CN2CC(c3nc(-c4ccc(OC(C)C)cc4)no3)CC2=O)c1. The van der Waals surface area contributed by atoms with E-state index >= 15 is 0 Å². The van der Waals surface area contributed by atoms with E-state index in [9.17, 15) is 4.79 Å². The fourth-order valence-electron chi connectivity index (χ4n) is 3.68. The van der Waals surface area contributed by atoms with Gasteiger partial charge in [0.15, 0.2) is 0 Å². The molecule has 1 aliphatic heterocycles. The van der Waals surface area contributed by atoms with E-state index in [-0.39, 0.29) is 17.9 Å². The lowest BCUT2D eigenvalue weighted by Crippen LogP contribution is -2.24. The Bertz CT molecular complexity index is 1030. The van der Waals surface area contributed by atoms with Gasteiger partial charge < -0.3 is 18.9 Å². The Balaban J connectivity index is 1.41. The summed E-state index contributed by atoms with van der Waals surface area (Å²) in [7, 11) is 0. The fraction of sp³-hybridized carbons (Fsp3) is 0.375.